The summed E-state index contributed by atoms with van der Waals surface area (Å²) in [6.07, 6.45) is 5.30. The lowest BCUT2D eigenvalue weighted by molar-refractivity contribution is 0.454. The quantitative estimate of drug-likeness (QED) is 0.422. The zero-order valence-electron chi connectivity index (χ0n) is 10.7. The van der Waals surface area contributed by atoms with Crippen molar-refractivity contribution in [3.63, 3.8) is 0 Å². The van der Waals surface area contributed by atoms with E-state index in [0.29, 0.717) is 11.2 Å². The first kappa shape index (κ1) is 15.6. The van der Waals surface area contributed by atoms with Gasteiger partial charge in [-0.05, 0) is 24.3 Å². The molecule has 0 aliphatic carbocycles. The van der Waals surface area contributed by atoms with Crippen LogP contribution in [0.5, 0.6) is 0 Å². The predicted molar refractivity (Wildman–Crippen MR) is 75.0 cm³/mol. The highest BCUT2D eigenvalue weighted by Crippen LogP contribution is 2.25. The minimum atomic E-state index is -0.403. The second-order valence-corrected chi connectivity index (χ2v) is 5.19. The van der Waals surface area contributed by atoms with Crippen molar-refractivity contribution in [1.82, 2.24) is 0 Å². The van der Waals surface area contributed by atoms with Crippen molar-refractivity contribution in [1.29, 1.82) is 0 Å². The van der Waals surface area contributed by atoms with E-state index in [4.69, 9.17) is 0 Å². The van der Waals surface area contributed by atoms with Crippen molar-refractivity contribution in [3.05, 3.63) is 35.9 Å². The van der Waals surface area contributed by atoms with Crippen LogP contribution in [0.2, 0.25) is 0 Å². The lowest BCUT2D eigenvalue weighted by atomic mass is 9.92. The molecule has 92 valence electrons. The molecule has 0 radical (unpaired) electrons. The highest BCUT2D eigenvalue weighted by molar-refractivity contribution is 7.23. The average molecular weight is 242 g/mol. The highest BCUT2D eigenvalue weighted by Gasteiger charge is 2.08. The van der Waals surface area contributed by atoms with Gasteiger partial charge >= 0.3 is 0 Å². The topological polar surface area (TPSA) is 0 Å². The van der Waals surface area contributed by atoms with Gasteiger partial charge in [-0.3, -0.25) is 0 Å². The molecule has 0 aromatic rings. The summed E-state index contributed by atoms with van der Waals surface area (Å²) < 4.78 is 12.8. The Kier molecular flexibility index (Phi) is 7.58. The minimum Gasteiger partial charge on any atom is -0.207 e. The molecule has 0 N–H and O–H groups in total. The first-order valence-electron chi connectivity index (χ1n) is 5.89. The first-order chi connectivity index (χ1) is 7.38. The maximum atomic E-state index is 12.8. The zero-order chi connectivity index (χ0) is 12.7. The van der Waals surface area contributed by atoms with Crippen molar-refractivity contribution >= 4 is 9.24 Å². The monoisotopic (exact) mass is 242 g/mol. The van der Waals surface area contributed by atoms with E-state index >= 15 is 0 Å². The molecule has 0 heterocycles. The van der Waals surface area contributed by atoms with Gasteiger partial charge in [-0.25, -0.2) is 4.39 Å². The summed E-state index contributed by atoms with van der Waals surface area (Å²) in [5, 5.41) is 0.500. The Hall–Kier alpha value is -0.420. The molecule has 0 nitrogen and oxygen atoms in total. The molecule has 2 heteroatoms. The highest BCUT2D eigenvalue weighted by atomic mass is 31.0. The Morgan fingerprint density at radius 1 is 1.31 bits per heavy atom. The molecule has 0 amide bonds. The molecule has 3 unspecified atom stereocenters. The van der Waals surface area contributed by atoms with Gasteiger partial charge in [-0.2, -0.15) is 0 Å². The van der Waals surface area contributed by atoms with Crippen LogP contribution in [-0.4, -0.2) is 0 Å². The molecule has 0 aromatic carbocycles. The van der Waals surface area contributed by atoms with E-state index in [-0.39, 0.29) is 0 Å². The Balaban J connectivity index is 4.19. The molecule has 0 spiro atoms. The summed E-state index contributed by atoms with van der Waals surface area (Å²) in [6.45, 7) is 13.8. The van der Waals surface area contributed by atoms with E-state index in [1.807, 2.05) is 0 Å². The first-order valence-corrected chi connectivity index (χ1v) is 6.46. The Bertz CT molecular complexity index is 278. The second kappa shape index (κ2) is 7.79. The average Bonchev–Trinajstić information content (AvgIpc) is 2.24. The van der Waals surface area contributed by atoms with E-state index in [1.165, 1.54) is 12.8 Å². The molecule has 0 aromatic heterocycles. The third-order valence-electron chi connectivity index (χ3n) is 3.08. The fraction of sp³-hybridized carbons (Fsp3) is 0.571. The SMILES string of the molecule is C=C(F)/C(P)=C\C(=C)C(C)CCC(C)CC. The number of hydrogen-bond donors (Lipinski definition) is 0. The van der Waals surface area contributed by atoms with Crippen LogP contribution in [-0.2, 0) is 0 Å². The maximum Gasteiger partial charge on any atom is 0.123 e. The Morgan fingerprint density at radius 2 is 1.88 bits per heavy atom. The molecule has 0 fully saturated rings. The van der Waals surface area contributed by atoms with Crippen LogP contribution >= 0.6 is 9.24 Å². The summed E-state index contributed by atoms with van der Waals surface area (Å²) in [7, 11) is 2.35. The normalized spacial score (nSPS) is 15.7. The lowest BCUT2D eigenvalue weighted by Gasteiger charge is -2.15. The summed E-state index contributed by atoms with van der Waals surface area (Å²) >= 11 is 0. The summed E-state index contributed by atoms with van der Waals surface area (Å²) in [6, 6.07) is 0. The number of rotatable bonds is 7. The van der Waals surface area contributed by atoms with Crippen molar-refractivity contribution in [3.8, 4) is 0 Å². The van der Waals surface area contributed by atoms with Crippen molar-refractivity contribution in [2.75, 3.05) is 0 Å². The number of hydrogen-bond acceptors (Lipinski definition) is 0. The second-order valence-electron chi connectivity index (χ2n) is 4.57. The molecule has 0 aliphatic rings. The molecule has 0 aliphatic heterocycles. The van der Waals surface area contributed by atoms with Crippen molar-refractivity contribution in [2.45, 2.75) is 40.0 Å². The molecule has 3 atom stereocenters. The number of allylic oxidation sites excluding steroid dienone is 4. The Morgan fingerprint density at radius 3 is 2.31 bits per heavy atom. The van der Waals surface area contributed by atoms with Gasteiger partial charge in [0.25, 0.3) is 0 Å². The maximum absolute atomic E-state index is 12.8. The molecular weight excluding hydrogens is 218 g/mol. The van der Waals surface area contributed by atoms with Gasteiger partial charge in [0.2, 0.25) is 0 Å². The molecule has 0 saturated heterocycles. The van der Waals surface area contributed by atoms with Crippen LogP contribution in [0.15, 0.2) is 35.9 Å². The van der Waals surface area contributed by atoms with Crippen LogP contribution in [0.3, 0.4) is 0 Å². The molecule has 16 heavy (non-hydrogen) atoms. The molecule has 0 saturated carbocycles. The lowest BCUT2D eigenvalue weighted by Crippen LogP contribution is -2.01. The van der Waals surface area contributed by atoms with Gasteiger partial charge in [0.05, 0.1) is 0 Å². The van der Waals surface area contributed by atoms with E-state index in [0.717, 1.165) is 17.9 Å². The zero-order valence-corrected chi connectivity index (χ0v) is 11.9. The van der Waals surface area contributed by atoms with Gasteiger partial charge in [0.1, 0.15) is 5.83 Å². The number of halogens is 1. The standard InChI is InChI=1S/C14H24FP/c1-6-10(2)7-8-11(3)12(4)9-14(16)13(5)15/h9-11H,4-8,16H2,1-3H3/b14-9+. The van der Waals surface area contributed by atoms with Gasteiger partial charge in [-0.1, -0.05) is 52.3 Å². The summed E-state index contributed by atoms with van der Waals surface area (Å²) in [5.41, 5.74) is 0.979. The molecule has 0 bridgehead atoms. The van der Waals surface area contributed by atoms with Crippen molar-refractivity contribution < 1.29 is 4.39 Å². The Labute approximate surface area is 102 Å². The van der Waals surface area contributed by atoms with Crippen LogP contribution in [0, 0.1) is 11.8 Å². The van der Waals surface area contributed by atoms with Crippen LogP contribution in [0.1, 0.15) is 40.0 Å². The smallest absolute Gasteiger partial charge is 0.123 e. The van der Waals surface area contributed by atoms with Crippen LogP contribution in [0.25, 0.3) is 0 Å². The van der Waals surface area contributed by atoms with Gasteiger partial charge in [-0.15, -0.1) is 9.24 Å². The van der Waals surface area contributed by atoms with Gasteiger partial charge in [0.15, 0.2) is 0 Å². The van der Waals surface area contributed by atoms with Crippen LogP contribution < -0.4 is 0 Å². The third-order valence-corrected chi connectivity index (χ3v) is 3.56. The fourth-order valence-corrected chi connectivity index (χ4v) is 1.56. The van der Waals surface area contributed by atoms with Crippen molar-refractivity contribution in [2.24, 2.45) is 11.8 Å². The van der Waals surface area contributed by atoms with E-state index < -0.39 is 5.83 Å². The molecule has 0 rings (SSSR count). The van der Waals surface area contributed by atoms with Gasteiger partial charge in [0, 0.05) is 5.31 Å². The molecular formula is C14H24FP. The fourth-order valence-electron chi connectivity index (χ4n) is 1.34. The van der Waals surface area contributed by atoms with E-state index in [2.05, 4.69) is 43.2 Å². The van der Waals surface area contributed by atoms with Crippen LogP contribution in [0.4, 0.5) is 4.39 Å². The summed E-state index contributed by atoms with van der Waals surface area (Å²) in [4.78, 5) is 0. The third kappa shape index (κ3) is 6.23. The van der Waals surface area contributed by atoms with Gasteiger partial charge < -0.3 is 0 Å². The van der Waals surface area contributed by atoms with E-state index in [1.54, 1.807) is 6.08 Å². The largest absolute Gasteiger partial charge is 0.207 e. The summed E-state index contributed by atoms with van der Waals surface area (Å²) in [5.74, 6) is 0.759. The minimum absolute atomic E-state index is 0.403. The van der Waals surface area contributed by atoms with E-state index in [9.17, 15) is 4.39 Å². The predicted octanol–water partition coefficient (Wildman–Crippen LogP) is 5.25.